The molecule has 0 fully saturated rings. The number of carboxylic acid groups (broad SMARTS) is 1. The Labute approximate surface area is 53.4 Å². The second-order valence-electron chi connectivity index (χ2n) is 1.46. The van der Waals surface area contributed by atoms with Crippen LogP contribution in [-0.4, -0.2) is 31.3 Å². The van der Waals surface area contributed by atoms with Crippen LogP contribution in [0.1, 0.15) is 0 Å². The second-order valence-corrected chi connectivity index (χ2v) is 1.46. The SMILES string of the molecule is CNCCNNC(=O)O. The standard InChI is InChI=1S/C4H11N3O2/c1-5-2-3-6-7-4(8)9/h5-7H,2-3H2,1H3,(H,8,9). The Morgan fingerprint density at radius 1 is 1.56 bits per heavy atom. The molecule has 0 rings (SSSR count). The lowest BCUT2D eigenvalue weighted by Crippen LogP contribution is -2.39. The first-order valence-corrected chi connectivity index (χ1v) is 2.63. The fourth-order valence-electron chi connectivity index (χ4n) is 0.326. The van der Waals surface area contributed by atoms with E-state index in [1.165, 1.54) is 0 Å². The van der Waals surface area contributed by atoms with Crippen molar-refractivity contribution < 1.29 is 9.90 Å². The average Bonchev–Trinajstić information content (AvgIpc) is 1.80. The minimum atomic E-state index is -1.06. The molecule has 9 heavy (non-hydrogen) atoms. The van der Waals surface area contributed by atoms with E-state index < -0.39 is 6.09 Å². The number of carbonyl (C=O) groups is 1. The van der Waals surface area contributed by atoms with Gasteiger partial charge in [0.15, 0.2) is 0 Å². The molecule has 0 atom stereocenters. The van der Waals surface area contributed by atoms with Crippen LogP contribution in [0.15, 0.2) is 0 Å². The molecule has 54 valence electrons. The van der Waals surface area contributed by atoms with Crippen molar-refractivity contribution in [2.75, 3.05) is 20.1 Å². The van der Waals surface area contributed by atoms with Crippen LogP contribution in [0.3, 0.4) is 0 Å². The zero-order valence-corrected chi connectivity index (χ0v) is 5.27. The third-order valence-electron chi connectivity index (χ3n) is 0.695. The van der Waals surface area contributed by atoms with Gasteiger partial charge in [-0.3, -0.25) is 5.43 Å². The molecule has 5 heteroatoms. The first kappa shape index (κ1) is 8.19. The van der Waals surface area contributed by atoms with Gasteiger partial charge in [0.2, 0.25) is 0 Å². The molecule has 0 aliphatic heterocycles. The lowest BCUT2D eigenvalue weighted by Gasteiger charge is -2.00. The molecule has 0 saturated carbocycles. The van der Waals surface area contributed by atoms with Gasteiger partial charge in [-0.1, -0.05) is 0 Å². The third kappa shape index (κ3) is 7.19. The first-order chi connectivity index (χ1) is 4.27. The fraction of sp³-hybridized carbons (Fsp3) is 0.750. The van der Waals surface area contributed by atoms with Crippen LogP contribution < -0.4 is 16.2 Å². The first-order valence-electron chi connectivity index (χ1n) is 2.63. The molecule has 0 aromatic carbocycles. The Bertz CT molecular complexity index is 85.9. The molecular weight excluding hydrogens is 122 g/mol. The van der Waals surface area contributed by atoms with E-state index in [4.69, 9.17) is 5.11 Å². The number of rotatable bonds is 4. The average molecular weight is 133 g/mol. The fourth-order valence-corrected chi connectivity index (χ4v) is 0.326. The Morgan fingerprint density at radius 3 is 2.67 bits per heavy atom. The van der Waals surface area contributed by atoms with Gasteiger partial charge in [-0.05, 0) is 7.05 Å². The van der Waals surface area contributed by atoms with E-state index in [-0.39, 0.29) is 0 Å². The van der Waals surface area contributed by atoms with E-state index in [9.17, 15) is 4.79 Å². The van der Waals surface area contributed by atoms with E-state index in [0.717, 1.165) is 6.54 Å². The number of hydrogen-bond donors (Lipinski definition) is 4. The highest BCUT2D eigenvalue weighted by atomic mass is 16.4. The molecule has 0 aliphatic rings. The van der Waals surface area contributed by atoms with Crippen molar-refractivity contribution in [2.24, 2.45) is 0 Å². The van der Waals surface area contributed by atoms with Gasteiger partial charge in [-0.2, -0.15) is 0 Å². The molecule has 0 aromatic rings. The second kappa shape index (κ2) is 5.33. The maximum atomic E-state index is 9.77. The Hall–Kier alpha value is -0.810. The molecule has 0 saturated heterocycles. The number of hydrogen-bond acceptors (Lipinski definition) is 3. The highest BCUT2D eigenvalue weighted by molar-refractivity contribution is 5.63. The van der Waals surface area contributed by atoms with Crippen molar-refractivity contribution >= 4 is 6.09 Å². The van der Waals surface area contributed by atoms with E-state index in [0.29, 0.717) is 6.54 Å². The summed E-state index contributed by atoms with van der Waals surface area (Å²) in [5.74, 6) is 0. The molecule has 0 aliphatic carbocycles. The normalized spacial score (nSPS) is 9.00. The minimum absolute atomic E-state index is 0.586. The summed E-state index contributed by atoms with van der Waals surface area (Å²) in [7, 11) is 1.79. The largest absolute Gasteiger partial charge is 0.464 e. The maximum Gasteiger partial charge on any atom is 0.419 e. The van der Waals surface area contributed by atoms with Crippen LogP contribution >= 0.6 is 0 Å². The van der Waals surface area contributed by atoms with E-state index in [1.807, 2.05) is 5.43 Å². The topological polar surface area (TPSA) is 73.4 Å². The predicted octanol–water partition coefficient (Wildman–Crippen LogP) is -1.02. The Kier molecular flexibility index (Phi) is 4.85. The monoisotopic (exact) mass is 133 g/mol. The summed E-state index contributed by atoms with van der Waals surface area (Å²) in [4.78, 5) is 9.77. The minimum Gasteiger partial charge on any atom is -0.464 e. The number of likely N-dealkylation sites (N-methyl/N-ethyl adjacent to an activating group) is 1. The maximum absolute atomic E-state index is 9.77. The van der Waals surface area contributed by atoms with Gasteiger partial charge in [0.1, 0.15) is 0 Å². The van der Waals surface area contributed by atoms with Gasteiger partial charge >= 0.3 is 6.09 Å². The van der Waals surface area contributed by atoms with E-state index >= 15 is 0 Å². The van der Waals surface area contributed by atoms with Crippen LogP contribution in [0, 0.1) is 0 Å². The highest BCUT2D eigenvalue weighted by Gasteiger charge is 1.88. The van der Waals surface area contributed by atoms with Crippen molar-refractivity contribution in [1.29, 1.82) is 0 Å². The predicted molar refractivity (Wildman–Crippen MR) is 33.1 cm³/mol. The van der Waals surface area contributed by atoms with E-state index in [1.54, 1.807) is 7.05 Å². The summed E-state index contributed by atoms with van der Waals surface area (Å²) in [5.41, 5.74) is 4.48. The summed E-state index contributed by atoms with van der Waals surface area (Å²) in [6.45, 7) is 1.32. The van der Waals surface area contributed by atoms with Crippen molar-refractivity contribution in [2.45, 2.75) is 0 Å². The Balaban J connectivity index is 2.83. The quantitative estimate of drug-likeness (QED) is 0.292. The van der Waals surface area contributed by atoms with Crippen LogP contribution in [0.25, 0.3) is 0 Å². The highest BCUT2D eigenvalue weighted by Crippen LogP contribution is 1.53. The van der Waals surface area contributed by atoms with Crippen molar-refractivity contribution in [3.05, 3.63) is 0 Å². The van der Waals surface area contributed by atoms with Crippen LogP contribution in [0.4, 0.5) is 4.79 Å². The van der Waals surface area contributed by atoms with Crippen molar-refractivity contribution in [3.8, 4) is 0 Å². The van der Waals surface area contributed by atoms with Gasteiger partial charge < -0.3 is 10.4 Å². The molecule has 0 unspecified atom stereocenters. The third-order valence-corrected chi connectivity index (χ3v) is 0.695. The van der Waals surface area contributed by atoms with Crippen LogP contribution in [0.5, 0.6) is 0 Å². The van der Waals surface area contributed by atoms with Crippen molar-refractivity contribution in [1.82, 2.24) is 16.2 Å². The molecule has 4 N–H and O–H groups in total. The summed E-state index contributed by atoms with van der Waals surface area (Å²) in [5, 5.41) is 10.9. The molecule has 0 spiro atoms. The summed E-state index contributed by atoms with van der Waals surface area (Å²) >= 11 is 0. The number of nitrogens with one attached hydrogen (secondary N) is 3. The molecule has 0 bridgehead atoms. The van der Waals surface area contributed by atoms with Gasteiger partial charge in [-0.25, -0.2) is 10.2 Å². The van der Waals surface area contributed by atoms with Gasteiger partial charge in [0, 0.05) is 13.1 Å². The zero-order chi connectivity index (χ0) is 7.11. The van der Waals surface area contributed by atoms with Crippen LogP contribution in [0.2, 0.25) is 0 Å². The number of amides is 1. The van der Waals surface area contributed by atoms with Gasteiger partial charge in [-0.15, -0.1) is 0 Å². The summed E-state index contributed by atoms with van der Waals surface area (Å²) in [6, 6.07) is 0. The molecule has 0 radical (unpaired) electrons. The smallest absolute Gasteiger partial charge is 0.419 e. The molecule has 0 aromatic heterocycles. The van der Waals surface area contributed by atoms with Crippen molar-refractivity contribution in [3.63, 3.8) is 0 Å². The summed E-state index contributed by atoms with van der Waals surface area (Å²) < 4.78 is 0. The van der Waals surface area contributed by atoms with Gasteiger partial charge in [0.25, 0.3) is 0 Å². The Morgan fingerprint density at radius 2 is 2.22 bits per heavy atom. The zero-order valence-electron chi connectivity index (χ0n) is 5.27. The molecule has 0 heterocycles. The summed E-state index contributed by atoms with van der Waals surface area (Å²) in [6.07, 6.45) is -1.06. The molecule has 5 nitrogen and oxygen atoms in total. The number of hydrazine groups is 1. The lowest BCUT2D eigenvalue weighted by atomic mass is 10.7. The van der Waals surface area contributed by atoms with Gasteiger partial charge in [0.05, 0.1) is 0 Å². The van der Waals surface area contributed by atoms with Crippen LogP contribution in [-0.2, 0) is 0 Å². The molecular formula is C4H11N3O2. The lowest BCUT2D eigenvalue weighted by molar-refractivity contribution is 0.189. The van der Waals surface area contributed by atoms with E-state index in [2.05, 4.69) is 10.7 Å². The molecule has 1 amide bonds.